The van der Waals surface area contributed by atoms with Gasteiger partial charge in [-0.1, -0.05) is 6.07 Å². The van der Waals surface area contributed by atoms with Crippen molar-refractivity contribution >= 4 is 5.91 Å². The van der Waals surface area contributed by atoms with E-state index in [4.69, 9.17) is 4.74 Å². The van der Waals surface area contributed by atoms with Crippen molar-refractivity contribution < 1.29 is 9.53 Å². The van der Waals surface area contributed by atoms with E-state index in [1.807, 2.05) is 7.05 Å². The molecule has 0 spiro atoms. The Morgan fingerprint density at radius 1 is 1.47 bits per heavy atom. The zero-order chi connectivity index (χ0) is 13.7. The second-order valence-corrected chi connectivity index (χ2v) is 4.04. The van der Waals surface area contributed by atoms with E-state index in [2.05, 4.69) is 15.4 Å². The Kier molecular flexibility index (Phi) is 4.12. The molecule has 1 heterocycles. The fourth-order valence-corrected chi connectivity index (χ4v) is 1.70. The van der Waals surface area contributed by atoms with E-state index in [9.17, 15) is 4.79 Å². The molecule has 1 N–H and O–H groups in total. The highest BCUT2D eigenvalue weighted by Gasteiger charge is 2.07. The third kappa shape index (κ3) is 3.31. The van der Waals surface area contributed by atoms with E-state index < -0.39 is 0 Å². The number of carbonyl (C=O) groups excluding carboxylic acids is 1. The number of nitrogens with one attached hydrogen (secondary N) is 1. The van der Waals surface area contributed by atoms with Gasteiger partial charge in [-0.05, 0) is 18.2 Å². The van der Waals surface area contributed by atoms with E-state index in [1.54, 1.807) is 36.1 Å². The number of methoxy groups -OCH3 is 1. The van der Waals surface area contributed by atoms with Gasteiger partial charge in [0, 0.05) is 25.6 Å². The maximum absolute atomic E-state index is 11.9. The largest absolute Gasteiger partial charge is 0.497 e. The molecular weight excluding hydrogens is 244 g/mol. The topological polar surface area (TPSA) is 69.0 Å². The van der Waals surface area contributed by atoms with E-state index in [0.29, 0.717) is 24.3 Å². The molecule has 1 amide bonds. The van der Waals surface area contributed by atoms with E-state index in [1.165, 1.54) is 6.33 Å². The van der Waals surface area contributed by atoms with Gasteiger partial charge in [0.05, 0.1) is 7.11 Å². The standard InChI is InChI=1S/C13H16N4O2/c1-17-12(15-9-16-17)6-7-14-13(18)10-4-3-5-11(8-10)19-2/h3-5,8-9H,6-7H2,1-2H3,(H,14,18). The van der Waals surface area contributed by atoms with Crippen LogP contribution in [0.15, 0.2) is 30.6 Å². The van der Waals surface area contributed by atoms with Crippen LogP contribution >= 0.6 is 0 Å². The van der Waals surface area contributed by atoms with Gasteiger partial charge in [-0.15, -0.1) is 0 Å². The maximum atomic E-state index is 11.9. The molecule has 100 valence electrons. The van der Waals surface area contributed by atoms with Gasteiger partial charge in [0.25, 0.3) is 5.91 Å². The second-order valence-electron chi connectivity index (χ2n) is 4.04. The first kappa shape index (κ1) is 13.1. The molecule has 6 heteroatoms. The molecule has 1 aromatic carbocycles. The number of aryl methyl sites for hydroxylation is 1. The SMILES string of the molecule is COc1cccc(C(=O)NCCc2ncnn2C)c1. The molecular formula is C13H16N4O2. The summed E-state index contributed by atoms with van der Waals surface area (Å²) in [5.41, 5.74) is 0.581. The highest BCUT2D eigenvalue weighted by molar-refractivity contribution is 5.94. The summed E-state index contributed by atoms with van der Waals surface area (Å²) < 4.78 is 6.77. The molecule has 19 heavy (non-hydrogen) atoms. The van der Waals surface area contributed by atoms with Crippen LogP contribution in [0.2, 0.25) is 0 Å². The maximum Gasteiger partial charge on any atom is 0.251 e. The number of aromatic nitrogens is 3. The molecule has 2 aromatic rings. The third-order valence-corrected chi connectivity index (χ3v) is 2.77. The molecule has 0 saturated carbocycles. The van der Waals surface area contributed by atoms with Crippen molar-refractivity contribution in [3.8, 4) is 5.75 Å². The first-order valence-corrected chi connectivity index (χ1v) is 5.96. The minimum absolute atomic E-state index is 0.124. The molecule has 0 saturated heterocycles. The fourth-order valence-electron chi connectivity index (χ4n) is 1.70. The summed E-state index contributed by atoms with van der Waals surface area (Å²) >= 11 is 0. The van der Waals surface area contributed by atoms with Gasteiger partial charge in [0.15, 0.2) is 0 Å². The molecule has 0 atom stereocenters. The number of hydrogen-bond donors (Lipinski definition) is 1. The van der Waals surface area contributed by atoms with Crippen LogP contribution in [0.1, 0.15) is 16.2 Å². The molecule has 0 unspecified atom stereocenters. The first-order chi connectivity index (χ1) is 9.20. The average Bonchev–Trinajstić information content (AvgIpc) is 2.84. The summed E-state index contributed by atoms with van der Waals surface area (Å²) in [4.78, 5) is 16.0. The summed E-state index contributed by atoms with van der Waals surface area (Å²) in [5, 5.41) is 6.81. The lowest BCUT2D eigenvalue weighted by molar-refractivity contribution is 0.0953. The quantitative estimate of drug-likeness (QED) is 0.863. The minimum Gasteiger partial charge on any atom is -0.497 e. The van der Waals surface area contributed by atoms with Crippen LogP contribution in [0.25, 0.3) is 0 Å². The number of amides is 1. The van der Waals surface area contributed by atoms with Gasteiger partial charge >= 0.3 is 0 Å². The molecule has 0 bridgehead atoms. The van der Waals surface area contributed by atoms with Crippen LogP contribution in [-0.4, -0.2) is 34.3 Å². The van der Waals surface area contributed by atoms with Gasteiger partial charge < -0.3 is 10.1 Å². The monoisotopic (exact) mass is 260 g/mol. The summed E-state index contributed by atoms with van der Waals surface area (Å²) in [6.45, 7) is 0.516. The Bertz CT molecular complexity index is 565. The van der Waals surface area contributed by atoms with Crippen molar-refractivity contribution in [3.63, 3.8) is 0 Å². The van der Waals surface area contributed by atoms with E-state index in [-0.39, 0.29) is 5.91 Å². The summed E-state index contributed by atoms with van der Waals surface area (Å²) in [6.07, 6.45) is 2.14. The summed E-state index contributed by atoms with van der Waals surface area (Å²) in [5.74, 6) is 1.38. The van der Waals surface area contributed by atoms with Crippen molar-refractivity contribution in [2.45, 2.75) is 6.42 Å². The second kappa shape index (κ2) is 5.99. The van der Waals surface area contributed by atoms with Crippen molar-refractivity contribution in [1.29, 1.82) is 0 Å². The predicted molar refractivity (Wildman–Crippen MR) is 70.0 cm³/mol. The molecule has 0 aliphatic heterocycles. The van der Waals surface area contributed by atoms with Crippen LogP contribution in [0.3, 0.4) is 0 Å². The summed E-state index contributed by atoms with van der Waals surface area (Å²) in [6, 6.07) is 7.05. The lowest BCUT2D eigenvalue weighted by Crippen LogP contribution is -2.26. The number of carbonyl (C=O) groups is 1. The minimum atomic E-state index is -0.124. The highest BCUT2D eigenvalue weighted by atomic mass is 16.5. The molecule has 0 aliphatic carbocycles. The molecule has 6 nitrogen and oxygen atoms in total. The smallest absolute Gasteiger partial charge is 0.251 e. The number of ether oxygens (including phenoxy) is 1. The van der Waals surface area contributed by atoms with Crippen LogP contribution in [0, 0.1) is 0 Å². The normalized spacial score (nSPS) is 10.2. The van der Waals surface area contributed by atoms with Crippen LogP contribution in [-0.2, 0) is 13.5 Å². The predicted octanol–water partition coefficient (Wildman–Crippen LogP) is 0.796. The van der Waals surface area contributed by atoms with Crippen molar-refractivity contribution in [1.82, 2.24) is 20.1 Å². The van der Waals surface area contributed by atoms with Crippen LogP contribution < -0.4 is 10.1 Å². The Morgan fingerprint density at radius 3 is 3.00 bits per heavy atom. The average molecular weight is 260 g/mol. The van der Waals surface area contributed by atoms with E-state index in [0.717, 1.165) is 5.82 Å². The van der Waals surface area contributed by atoms with Gasteiger partial charge in [-0.3, -0.25) is 9.48 Å². The Hall–Kier alpha value is -2.37. The lowest BCUT2D eigenvalue weighted by Gasteiger charge is -2.06. The van der Waals surface area contributed by atoms with Gasteiger partial charge in [0.2, 0.25) is 0 Å². The van der Waals surface area contributed by atoms with E-state index >= 15 is 0 Å². The summed E-state index contributed by atoms with van der Waals surface area (Å²) in [7, 11) is 3.40. The van der Waals surface area contributed by atoms with Crippen molar-refractivity contribution in [3.05, 3.63) is 42.0 Å². The van der Waals surface area contributed by atoms with Gasteiger partial charge in [0.1, 0.15) is 17.9 Å². The van der Waals surface area contributed by atoms with Crippen LogP contribution in [0.4, 0.5) is 0 Å². The number of nitrogens with zero attached hydrogens (tertiary/aromatic N) is 3. The zero-order valence-electron chi connectivity index (χ0n) is 11.0. The highest BCUT2D eigenvalue weighted by Crippen LogP contribution is 2.12. The zero-order valence-corrected chi connectivity index (χ0v) is 11.0. The molecule has 1 aromatic heterocycles. The number of benzene rings is 1. The Morgan fingerprint density at radius 2 is 2.32 bits per heavy atom. The van der Waals surface area contributed by atoms with Crippen molar-refractivity contribution in [2.24, 2.45) is 7.05 Å². The number of hydrogen-bond acceptors (Lipinski definition) is 4. The molecule has 0 aliphatic rings. The molecule has 0 radical (unpaired) electrons. The molecule has 0 fully saturated rings. The van der Waals surface area contributed by atoms with Gasteiger partial charge in [-0.25, -0.2) is 4.98 Å². The third-order valence-electron chi connectivity index (χ3n) is 2.77. The lowest BCUT2D eigenvalue weighted by atomic mass is 10.2. The fraction of sp³-hybridized carbons (Fsp3) is 0.308. The molecule has 2 rings (SSSR count). The Balaban J connectivity index is 1.89. The Labute approximate surface area is 111 Å². The number of rotatable bonds is 5. The van der Waals surface area contributed by atoms with Crippen LogP contribution in [0.5, 0.6) is 5.75 Å². The van der Waals surface area contributed by atoms with Crippen molar-refractivity contribution in [2.75, 3.05) is 13.7 Å². The first-order valence-electron chi connectivity index (χ1n) is 5.96. The van der Waals surface area contributed by atoms with Gasteiger partial charge in [-0.2, -0.15) is 5.10 Å².